The molecule has 28 heavy (non-hydrogen) atoms. The van der Waals surface area contributed by atoms with Crippen LogP contribution in [0.15, 0.2) is 45.8 Å². The fraction of sp³-hybridized carbons (Fsp3) is 0.235. The van der Waals surface area contributed by atoms with Crippen molar-refractivity contribution in [3.8, 4) is 0 Å². The van der Waals surface area contributed by atoms with Gasteiger partial charge in [0.25, 0.3) is 0 Å². The number of hydrogen-bond donors (Lipinski definition) is 1. The molecular formula is C17H15BrClF3N2O3S. The zero-order valence-electron chi connectivity index (χ0n) is 14.6. The van der Waals surface area contributed by atoms with Gasteiger partial charge in [-0.05, 0) is 58.7 Å². The lowest BCUT2D eigenvalue weighted by Crippen LogP contribution is -2.35. The number of hydrogen-bond acceptors (Lipinski definition) is 3. The Morgan fingerprint density at radius 1 is 1.21 bits per heavy atom. The molecule has 0 spiro atoms. The highest BCUT2D eigenvalue weighted by Gasteiger charge is 2.35. The lowest BCUT2D eigenvalue weighted by Gasteiger charge is -2.18. The number of sulfonamides is 1. The van der Waals surface area contributed by atoms with Gasteiger partial charge >= 0.3 is 6.18 Å². The lowest BCUT2D eigenvalue weighted by molar-refractivity contribution is -0.137. The fourth-order valence-electron chi connectivity index (χ4n) is 2.26. The average molecular weight is 500 g/mol. The van der Waals surface area contributed by atoms with Crippen molar-refractivity contribution in [1.82, 2.24) is 4.31 Å². The summed E-state index contributed by atoms with van der Waals surface area (Å²) >= 11 is 8.80. The second-order valence-corrected chi connectivity index (χ2v) is 9.24. The number of likely N-dealkylation sites (N-methyl/N-ethyl adjacent to an activating group) is 1. The van der Waals surface area contributed by atoms with Crippen LogP contribution in [0, 0.1) is 6.92 Å². The Labute approximate surface area is 173 Å². The fourth-order valence-corrected chi connectivity index (χ4v) is 4.23. The number of aryl methyl sites for hydroxylation is 1. The molecule has 1 amide bonds. The van der Waals surface area contributed by atoms with Crippen molar-refractivity contribution in [2.24, 2.45) is 0 Å². The Hall–Kier alpha value is -1.62. The van der Waals surface area contributed by atoms with Crippen LogP contribution in [0.3, 0.4) is 0 Å². The number of carbonyl (C=O) groups excluding carboxylic acids is 1. The Morgan fingerprint density at radius 2 is 1.86 bits per heavy atom. The van der Waals surface area contributed by atoms with Gasteiger partial charge in [0.15, 0.2) is 0 Å². The third-order valence-electron chi connectivity index (χ3n) is 3.72. The Bertz CT molecular complexity index is 1010. The van der Waals surface area contributed by atoms with Crippen molar-refractivity contribution in [2.75, 3.05) is 18.9 Å². The van der Waals surface area contributed by atoms with E-state index >= 15 is 0 Å². The minimum Gasteiger partial charge on any atom is -0.324 e. The molecule has 0 bridgehead atoms. The minimum absolute atomic E-state index is 0.437. The molecule has 0 atom stereocenters. The van der Waals surface area contributed by atoms with Gasteiger partial charge in [0.2, 0.25) is 15.9 Å². The number of nitrogens with zero attached hydrogens (tertiary/aromatic N) is 1. The topological polar surface area (TPSA) is 66.5 Å². The summed E-state index contributed by atoms with van der Waals surface area (Å²) in [5.41, 5.74) is 0.122. The zero-order valence-corrected chi connectivity index (χ0v) is 17.8. The van der Waals surface area contributed by atoms with Crippen molar-refractivity contribution in [1.29, 1.82) is 0 Å². The van der Waals surface area contributed by atoms with Crippen LogP contribution >= 0.6 is 27.5 Å². The van der Waals surface area contributed by atoms with Crippen molar-refractivity contribution in [2.45, 2.75) is 18.0 Å². The number of halogens is 5. The van der Waals surface area contributed by atoms with Crippen LogP contribution < -0.4 is 5.32 Å². The maximum absolute atomic E-state index is 13.0. The number of amides is 1. The molecule has 0 unspecified atom stereocenters. The second kappa shape index (κ2) is 8.40. The highest BCUT2D eigenvalue weighted by Crippen LogP contribution is 2.36. The van der Waals surface area contributed by atoms with Crippen LogP contribution in [0.4, 0.5) is 18.9 Å². The van der Waals surface area contributed by atoms with Gasteiger partial charge in [-0.1, -0.05) is 17.7 Å². The molecular weight excluding hydrogens is 485 g/mol. The standard InChI is InChI=1S/C17H15BrClF3N2O3S/c1-10-3-6-15(13(18)7-10)23-16(25)9-24(2)28(26,27)11-4-5-14(19)12(8-11)17(20,21)22/h3-8H,9H2,1-2H3,(H,23,25). The van der Waals surface area contributed by atoms with Crippen LogP contribution in [0.5, 0.6) is 0 Å². The highest BCUT2D eigenvalue weighted by molar-refractivity contribution is 9.10. The van der Waals surface area contributed by atoms with Crippen molar-refractivity contribution in [3.05, 3.63) is 57.0 Å². The van der Waals surface area contributed by atoms with Crippen molar-refractivity contribution in [3.63, 3.8) is 0 Å². The molecule has 1 N–H and O–H groups in total. The summed E-state index contributed by atoms with van der Waals surface area (Å²) in [6, 6.07) is 7.42. The summed E-state index contributed by atoms with van der Waals surface area (Å²) in [7, 11) is -3.24. The zero-order chi connectivity index (χ0) is 21.3. The molecule has 0 aromatic heterocycles. The molecule has 0 fully saturated rings. The molecule has 2 aromatic rings. The number of alkyl halides is 3. The van der Waals surface area contributed by atoms with E-state index in [1.54, 1.807) is 18.2 Å². The summed E-state index contributed by atoms with van der Waals surface area (Å²) in [5.74, 6) is -0.652. The Morgan fingerprint density at radius 3 is 2.43 bits per heavy atom. The highest BCUT2D eigenvalue weighted by atomic mass is 79.9. The molecule has 0 saturated heterocycles. The molecule has 152 valence electrons. The molecule has 0 saturated carbocycles. The molecule has 0 aliphatic carbocycles. The number of benzene rings is 2. The van der Waals surface area contributed by atoms with Gasteiger partial charge in [-0.3, -0.25) is 4.79 Å². The Kier molecular flexibility index (Phi) is 6.80. The molecule has 11 heteroatoms. The molecule has 0 aliphatic heterocycles. The van der Waals surface area contributed by atoms with E-state index < -0.39 is 44.1 Å². The monoisotopic (exact) mass is 498 g/mol. The van der Waals surface area contributed by atoms with E-state index in [-0.39, 0.29) is 0 Å². The normalized spacial score (nSPS) is 12.3. The summed E-state index contributed by atoms with van der Waals surface area (Å²) in [4.78, 5) is 11.6. The average Bonchev–Trinajstić information content (AvgIpc) is 2.56. The third kappa shape index (κ3) is 5.25. The predicted octanol–water partition coefficient (Wildman–Crippen LogP) is 4.69. The molecule has 0 aliphatic rings. The van der Waals surface area contributed by atoms with Crippen LogP contribution in [-0.2, 0) is 21.0 Å². The number of rotatable bonds is 5. The molecule has 0 radical (unpaired) electrons. The van der Waals surface area contributed by atoms with E-state index in [2.05, 4.69) is 21.2 Å². The van der Waals surface area contributed by atoms with Crippen molar-refractivity contribution >= 4 is 49.1 Å². The summed E-state index contributed by atoms with van der Waals surface area (Å²) in [6.45, 7) is 1.27. The van der Waals surface area contributed by atoms with E-state index in [1.165, 1.54) is 0 Å². The van der Waals surface area contributed by atoms with Crippen LogP contribution in [-0.4, -0.2) is 32.2 Å². The van der Waals surface area contributed by atoms with Crippen molar-refractivity contribution < 1.29 is 26.4 Å². The second-order valence-electron chi connectivity index (χ2n) is 5.93. The SMILES string of the molecule is Cc1ccc(NC(=O)CN(C)S(=O)(=O)c2ccc(Cl)c(C(F)(F)F)c2)c(Br)c1. The largest absolute Gasteiger partial charge is 0.417 e. The van der Waals surface area contributed by atoms with Gasteiger partial charge < -0.3 is 5.32 Å². The van der Waals surface area contributed by atoms with Crippen LogP contribution in [0.1, 0.15) is 11.1 Å². The third-order valence-corrected chi connectivity index (χ3v) is 6.50. The molecule has 0 heterocycles. The van der Waals surface area contributed by atoms with E-state index in [4.69, 9.17) is 11.6 Å². The van der Waals surface area contributed by atoms with Gasteiger partial charge in [-0.25, -0.2) is 8.42 Å². The first-order chi connectivity index (χ1) is 12.8. The Balaban J connectivity index is 2.21. The number of nitrogens with one attached hydrogen (secondary N) is 1. The smallest absolute Gasteiger partial charge is 0.324 e. The summed E-state index contributed by atoms with van der Waals surface area (Å²) in [6.07, 6.45) is -4.81. The van der Waals surface area contributed by atoms with E-state index in [9.17, 15) is 26.4 Å². The van der Waals surface area contributed by atoms with Gasteiger partial charge in [-0.15, -0.1) is 0 Å². The quantitative estimate of drug-likeness (QED) is 0.649. The predicted molar refractivity (Wildman–Crippen MR) is 104 cm³/mol. The van der Waals surface area contributed by atoms with E-state index in [0.717, 1.165) is 24.7 Å². The maximum Gasteiger partial charge on any atom is 0.417 e. The summed E-state index contributed by atoms with van der Waals surface area (Å²) < 4.78 is 65.3. The van der Waals surface area contributed by atoms with E-state index in [1.807, 2.05) is 6.92 Å². The molecule has 5 nitrogen and oxygen atoms in total. The first-order valence-corrected chi connectivity index (χ1v) is 10.3. The number of anilines is 1. The molecule has 2 aromatic carbocycles. The summed E-state index contributed by atoms with van der Waals surface area (Å²) in [5, 5.41) is 1.93. The lowest BCUT2D eigenvalue weighted by atomic mass is 10.2. The molecule has 2 rings (SSSR count). The first kappa shape index (κ1) is 22.7. The number of carbonyl (C=O) groups is 1. The maximum atomic E-state index is 13.0. The minimum atomic E-state index is -4.81. The van der Waals surface area contributed by atoms with Gasteiger partial charge in [0.1, 0.15) is 0 Å². The van der Waals surface area contributed by atoms with Gasteiger partial charge in [-0.2, -0.15) is 17.5 Å². The van der Waals surface area contributed by atoms with Gasteiger partial charge in [0.05, 0.1) is 27.7 Å². The van der Waals surface area contributed by atoms with Crippen LogP contribution in [0.25, 0.3) is 0 Å². The van der Waals surface area contributed by atoms with Crippen LogP contribution in [0.2, 0.25) is 5.02 Å². The van der Waals surface area contributed by atoms with E-state index in [0.29, 0.717) is 20.5 Å². The first-order valence-electron chi connectivity index (χ1n) is 7.71. The van der Waals surface area contributed by atoms with Gasteiger partial charge in [0, 0.05) is 11.5 Å².